The molecule has 0 saturated carbocycles. The van der Waals surface area contributed by atoms with Gasteiger partial charge in [0.15, 0.2) is 0 Å². The van der Waals surface area contributed by atoms with Gasteiger partial charge in [0.2, 0.25) is 0 Å². The minimum Gasteiger partial charge on any atom is -0.465 e. The van der Waals surface area contributed by atoms with E-state index in [9.17, 15) is 28.6 Å². The maximum absolute atomic E-state index is 14.8. The number of hydrogen-bond donors (Lipinski definition) is 2. The molecule has 1 amide bonds. The number of carbonyl (C=O) groups is 1. The number of pyridine rings is 1. The fourth-order valence-corrected chi connectivity index (χ4v) is 5.08. The van der Waals surface area contributed by atoms with Gasteiger partial charge in [0.1, 0.15) is 35.2 Å². The van der Waals surface area contributed by atoms with Crippen molar-refractivity contribution in [3.05, 3.63) is 87.6 Å². The highest BCUT2D eigenvalue weighted by atomic mass is 19.1. The Morgan fingerprint density at radius 1 is 1.12 bits per heavy atom. The summed E-state index contributed by atoms with van der Waals surface area (Å²) in [4.78, 5) is 34.5. The number of halogens is 2. The van der Waals surface area contributed by atoms with Gasteiger partial charge in [-0.2, -0.15) is 9.97 Å². The molecule has 1 aromatic carbocycles. The van der Waals surface area contributed by atoms with Crippen LogP contribution in [0.4, 0.5) is 13.6 Å². The Hall–Kier alpha value is -5.20. The third-order valence-corrected chi connectivity index (χ3v) is 7.35. The van der Waals surface area contributed by atoms with Crippen LogP contribution in [-0.4, -0.2) is 59.5 Å². The van der Waals surface area contributed by atoms with Crippen molar-refractivity contribution >= 4 is 17.1 Å². The summed E-state index contributed by atoms with van der Waals surface area (Å²) in [6.45, 7) is 0.527. The lowest BCUT2D eigenvalue weighted by molar-refractivity contribution is 0.0800. The molecule has 1 saturated heterocycles. The summed E-state index contributed by atoms with van der Waals surface area (Å²) in [5.74, 6) is 9.12. The van der Waals surface area contributed by atoms with Crippen LogP contribution in [0.3, 0.4) is 0 Å². The van der Waals surface area contributed by atoms with Crippen LogP contribution in [0.25, 0.3) is 11.0 Å². The molecule has 12 heteroatoms. The second-order valence-electron chi connectivity index (χ2n) is 10.2. The van der Waals surface area contributed by atoms with Gasteiger partial charge >= 0.3 is 12.1 Å². The highest BCUT2D eigenvalue weighted by Gasteiger charge is 2.36. The molecular formula is C31H27F2N5O5. The molecule has 0 spiro atoms. The Morgan fingerprint density at radius 3 is 2.72 bits per heavy atom. The van der Waals surface area contributed by atoms with Crippen molar-refractivity contribution in [2.45, 2.75) is 30.9 Å². The number of nitrogens with zero attached hydrogens (tertiary/aromatic N) is 5. The number of carboxylic acid groups (broad SMARTS) is 1. The lowest BCUT2D eigenvalue weighted by Gasteiger charge is -2.27. The summed E-state index contributed by atoms with van der Waals surface area (Å²) in [7, 11) is 3.27. The van der Waals surface area contributed by atoms with Gasteiger partial charge in [-0.1, -0.05) is 5.92 Å². The SMILES string of the molecule is Cn1cccc(C(O)(CC#CC#Cc2nc(OC[C@H]3CCCN3C(=O)O)nc3c2ccn3C)c2cc(F)ccc2F)c1=O. The smallest absolute Gasteiger partial charge is 0.407 e. The lowest BCUT2D eigenvalue weighted by atomic mass is 9.84. The summed E-state index contributed by atoms with van der Waals surface area (Å²) in [5, 5.41) is 21.6. The number of ether oxygens (including phenoxy) is 1. The molecule has 1 unspecified atom stereocenters. The number of aryl methyl sites for hydroxylation is 2. The highest BCUT2D eigenvalue weighted by Crippen LogP contribution is 2.33. The van der Waals surface area contributed by atoms with Gasteiger partial charge in [0.25, 0.3) is 5.56 Å². The predicted octanol–water partition coefficient (Wildman–Crippen LogP) is 3.15. The number of likely N-dealkylation sites (tertiary alicyclic amines) is 1. The Balaban J connectivity index is 1.44. The topological polar surface area (TPSA) is 123 Å². The maximum atomic E-state index is 14.8. The number of rotatable bonds is 6. The van der Waals surface area contributed by atoms with E-state index in [1.54, 1.807) is 23.9 Å². The molecule has 1 fully saturated rings. The molecule has 5 rings (SSSR count). The van der Waals surface area contributed by atoms with Crippen LogP contribution in [0.2, 0.25) is 0 Å². The van der Waals surface area contributed by atoms with E-state index in [2.05, 4.69) is 33.6 Å². The summed E-state index contributed by atoms with van der Waals surface area (Å²) in [6.07, 6.45) is 3.20. The van der Waals surface area contributed by atoms with E-state index in [-0.39, 0.29) is 24.2 Å². The summed E-state index contributed by atoms with van der Waals surface area (Å²) >= 11 is 0. The second kappa shape index (κ2) is 12.0. The van der Waals surface area contributed by atoms with Gasteiger partial charge < -0.3 is 29.0 Å². The molecule has 220 valence electrons. The van der Waals surface area contributed by atoms with Crippen LogP contribution in [0.15, 0.2) is 53.6 Å². The quantitative estimate of drug-likeness (QED) is 0.333. The second-order valence-corrected chi connectivity index (χ2v) is 10.2. The van der Waals surface area contributed by atoms with Crippen LogP contribution in [-0.2, 0) is 19.7 Å². The number of fused-ring (bicyclic) bond motifs is 1. The molecular weight excluding hydrogens is 560 g/mol. The zero-order valence-corrected chi connectivity index (χ0v) is 23.3. The van der Waals surface area contributed by atoms with Crippen molar-refractivity contribution in [3.8, 4) is 29.7 Å². The van der Waals surface area contributed by atoms with Gasteiger partial charge in [-0.15, -0.1) is 0 Å². The van der Waals surface area contributed by atoms with Crippen LogP contribution in [0.5, 0.6) is 6.01 Å². The largest absolute Gasteiger partial charge is 0.465 e. The zero-order valence-electron chi connectivity index (χ0n) is 23.3. The first-order valence-electron chi connectivity index (χ1n) is 13.4. The van der Waals surface area contributed by atoms with Crippen molar-refractivity contribution < 1.29 is 28.5 Å². The molecule has 4 aromatic rings. The molecule has 0 aliphatic carbocycles. The number of amides is 1. The maximum Gasteiger partial charge on any atom is 0.407 e. The van der Waals surface area contributed by atoms with Crippen molar-refractivity contribution in [3.63, 3.8) is 0 Å². The molecule has 0 bridgehead atoms. The summed E-state index contributed by atoms with van der Waals surface area (Å²) in [6, 6.07) is 6.98. The van der Waals surface area contributed by atoms with Gasteiger partial charge in [0.05, 0.1) is 17.0 Å². The minimum atomic E-state index is -2.26. The lowest BCUT2D eigenvalue weighted by Crippen LogP contribution is -2.38. The monoisotopic (exact) mass is 587 g/mol. The molecule has 4 heterocycles. The van der Waals surface area contributed by atoms with Crippen LogP contribution < -0.4 is 10.3 Å². The van der Waals surface area contributed by atoms with Crippen LogP contribution >= 0.6 is 0 Å². The number of benzene rings is 1. The predicted molar refractivity (Wildman–Crippen MR) is 152 cm³/mol. The van der Waals surface area contributed by atoms with Crippen molar-refractivity contribution in [2.24, 2.45) is 14.1 Å². The van der Waals surface area contributed by atoms with E-state index >= 15 is 0 Å². The van der Waals surface area contributed by atoms with Crippen LogP contribution in [0, 0.1) is 35.3 Å². The molecule has 1 aliphatic heterocycles. The Bertz CT molecular complexity index is 1900. The Morgan fingerprint density at radius 2 is 1.93 bits per heavy atom. The third kappa shape index (κ3) is 5.92. The molecule has 10 nitrogen and oxygen atoms in total. The van der Waals surface area contributed by atoms with E-state index in [0.29, 0.717) is 29.7 Å². The van der Waals surface area contributed by atoms with Crippen molar-refractivity contribution in [2.75, 3.05) is 13.2 Å². The van der Waals surface area contributed by atoms with Crippen molar-refractivity contribution in [1.82, 2.24) is 24.0 Å². The summed E-state index contributed by atoms with van der Waals surface area (Å²) < 4.78 is 37.7. The van der Waals surface area contributed by atoms with E-state index < -0.39 is 40.9 Å². The molecule has 2 atom stereocenters. The number of aliphatic hydroxyl groups is 1. The first-order valence-corrected chi connectivity index (χ1v) is 13.4. The van der Waals surface area contributed by atoms with Crippen molar-refractivity contribution in [1.29, 1.82) is 0 Å². The standard InChI is InChI=1S/C31H27F2N5O5/c1-36-17-13-22-26(34-29(35-27(22)36)43-19-21-8-6-16-38(21)30(40)41)10-4-3-5-14-31(42,23-9-7-15-37(2)28(23)39)24-18-20(32)11-12-25(24)33/h7,9,11-13,15,17-18,21,42H,6,8,14,16,19H2,1-2H3,(H,40,41)/t21-,31?/m1/s1. The molecule has 43 heavy (non-hydrogen) atoms. The third-order valence-electron chi connectivity index (χ3n) is 7.35. The number of hydrogen-bond acceptors (Lipinski definition) is 6. The average Bonchev–Trinajstić information content (AvgIpc) is 3.61. The van der Waals surface area contributed by atoms with E-state index in [4.69, 9.17) is 4.74 Å². The fraction of sp³-hybridized carbons (Fsp3) is 0.290. The van der Waals surface area contributed by atoms with Gasteiger partial charge in [-0.05, 0) is 67.0 Å². The fourth-order valence-electron chi connectivity index (χ4n) is 5.08. The van der Waals surface area contributed by atoms with Gasteiger partial charge in [0, 0.05) is 45.0 Å². The number of aromatic nitrogens is 4. The normalized spacial score (nSPS) is 15.7. The van der Waals surface area contributed by atoms with Gasteiger partial charge in [-0.25, -0.2) is 13.6 Å². The molecule has 2 N–H and O–H groups in total. The minimum absolute atomic E-state index is 0.0275. The van der Waals surface area contributed by atoms with E-state index in [1.807, 2.05) is 0 Å². The summed E-state index contributed by atoms with van der Waals surface area (Å²) in [5.41, 5.74) is -2.60. The van der Waals surface area contributed by atoms with E-state index in [1.165, 1.54) is 34.8 Å². The molecule has 0 radical (unpaired) electrons. The molecule has 3 aromatic heterocycles. The van der Waals surface area contributed by atoms with E-state index in [0.717, 1.165) is 24.6 Å². The van der Waals surface area contributed by atoms with Gasteiger partial charge in [-0.3, -0.25) is 4.79 Å². The zero-order chi connectivity index (χ0) is 30.7. The highest BCUT2D eigenvalue weighted by molar-refractivity contribution is 5.82. The Labute approximate surface area is 245 Å². The molecule has 1 aliphatic rings. The average molecular weight is 588 g/mol. The van der Waals surface area contributed by atoms with Crippen LogP contribution in [0.1, 0.15) is 36.1 Å². The Kier molecular flexibility index (Phi) is 8.15. The first kappa shape index (κ1) is 29.3. The first-order chi connectivity index (χ1) is 20.6.